The van der Waals surface area contributed by atoms with Gasteiger partial charge < -0.3 is 16.4 Å². The summed E-state index contributed by atoms with van der Waals surface area (Å²) in [5.41, 5.74) is 6.17. The molecule has 146 valence electrons. The van der Waals surface area contributed by atoms with Crippen molar-refractivity contribution < 1.29 is 13.2 Å². The number of rotatable bonds is 6. The van der Waals surface area contributed by atoms with E-state index in [-0.39, 0.29) is 6.03 Å². The average molecular weight is 383 g/mol. The highest BCUT2D eigenvalue weighted by Gasteiger charge is 2.28. The second-order valence-electron chi connectivity index (χ2n) is 7.78. The maximum absolute atomic E-state index is 12.7. The molecule has 0 saturated carbocycles. The van der Waals surface area contributed by atoms with Gasteiger partial charge in [0.2, 0.25) is 10.0 Å². The van der Waals surface area contributed by atoms with Crippen LogP contribution in [0.3, 0.4) is 0 Å². The molecule has 7 nitrogen and oxygen atoms in total. The van der Waals surface area contributed by atoms with Crippen LogP contribution in [0.1, 0.15) is 39.2 Å². The van der Waals surface area contributed by atoms with Crippen molar-refractivity contribution in [2.75, 3.05) is 19.6 Å². The number of nitrogens with two attached hydrogens (primary N) is 1. The monoisotopic (exact) mass is 382 g/mol. The fraction of sp³-hybridized carbons (Fsp3) is 0.611. The van der Waals surface area contributed by atoms with Gasteiger partial charge in [-0.25, -0.2) is 13.2 Å². The summed E-state index contributed by atoms with van der Waals surface area (Å²) in [6.07, 6.45) is 1.97. The Hall–Kier alpha value is -1.64. The van der Waals surface area contributed by atoms with Crippen LogP contribution < -0.4 is 16.4 Å². The van der Waals surface area contributed by atoms with Gasteiger partial charge in [0.05, 0.1) is 4.90 Å². The van der Waals surface area contributed by atoms with Gasteiger partial charge in [0.1, 0.15) is 0 Å². The fourth-order valence-electron chi connectivity index (χ4n) is 2.85. The number of amides is 2. The number of nitrogens with one attached hydrogen (secondary N) is 2. The van der Waals surface area contributed by atoms with E-state index in [0.29, 0.717) is 37.0 Å². The first kappa shape index (κ1) is 20.7. The number of urea groups is 1. The first-order chi connectivity index (χ1) is 12.1. The van der Waals surface area contributed by atoms with Crippen molar-refractivity contribution >= 4 is 16.1 Å². The van der Waals surface area contributed by atoms with Gasteiger partial charge in [-0.2, -0.15) is 4.31 Å². The Morgan fingerprint density at radius 2 is 1.92 bits per heavy atom. The predicted molar refractivity (Wildman–Crippen MR) is 102 cm³/mol. The molecule has 1 aliphatic heterocycles. The van der Waals surface area contributed by atoms with E-state index >= 15 is 0 Å². The smallest absolute Gasteiger partial charge is 0.315 e. The number of nitrogens with zero attached hydrogens (tertiary/aromatic N) is 1. The molecule has 1 fully saturated rings. The first-order valence-electron chi connectivity index (χ1n) is 8.97. The van der Waals surface area contributed by atoms with E-state index in [1.165, 1.54) is 0 Å². The highest BCUT2D eigenvalue weighted by atomic mass is 32.2. The summed E-state index contributed by atoms with van der Waals surface area (Å²) in [4.78, 5) is 12.0. The Morgan fingerprint density at radius 3 is 2.50 bits per heavy atom. The maximum atomic E-state index is 12.7. The molecule has 0 spiro atoms. The van der Waals surface area contributed by atoms with Gasteiger partial charge in [-0.1, -0.05) is 19.1 Å². The summed E-state index contributed by atoms with van der Waals surface area (Å²) < 4.78 is 27.0. The first-order valence-corrected chi connectivity index (χ1v) is 10.4. The third-order valence-electron chi connectivity index (χ3n) is 4.34. The van der Waals surface area contributed by atoms with Crippen LogP contribution in [0.2, 0.25) is 0 Å². The van der Waals surface area contributed by atoms with Crippen molar-refractivity contribution in [2.45, 2.75) is 50.6 Å². The van der Waals surface area contributed by atoms with Gasteiger partial charge in [-0.15, -0.1) is 0 Å². The molecule has 26 heavy (non-hydrogen) atoms. The van der Waals surface area contributed by atoms with Crippen LogP contribution in [0.5, 0.6) is 0 Å². The molecule has 0 aromatic heterocycles. The van der Waals surface area contributed by atoms with E-state index in [1.807, 2.05) is 13.8 Å². The molecule has 4 N–H and O–H groups in total. The topological polar surface area (TPSA) is 105 Å². The Morgan fingerprint density at radius 1 is 1.27 bits per heavy atom. The molecule has 1 atom stereocenters. The number of sulfonamides is 1. The zero-order chi connectivity index (χ0) is 19.4. The molecule has 0 bridgehead atoms. The van der Waals surface area contributed by atoms with Crippen molar-refractivity contribution in [3.05, 3.63) is 29.8 Å². The molecule has 0 aliphatic carbocycles. The van der Waals surface area contributed by atoms with Gasteiger partial charge in [-0.05, 0) is 50.3 Å². The van der Waals surface area contributed by atoms with Gasteiger partial charge in [0, 0.05) is 31.7 Å². The van der Waals surface area contributed by atoms with Crippen LogP contribution in [0.15, 0.2) is 29.2 Å². The minimum atomic E-state index is -3.45. The lowest BCUT2D eigenvalue weighted by molar-refractivity contribution is 0.238. The van der Waals surface area contributed by atoms with Gasteiger partial charge in [0.25, 0.3) is 0 Å². The average Bonchev–Trinajstić information content (AvgIpc) is 2.58. The third-order valence-corrected chi connectivity index (χ3v) is 6.22. The zero-order valence-electron chi connectivity index (χ0n) is 15.8. The molecule has 1 aromatic rings. The van der Waals surface area contributed by atoms with Gasteiger partial charge in [-0.3, -0.25) is 0 Å². The number of hydrogen-bond acceptors (Lipinski definition) is 4. The van der Waals surface area contributed by atoms with Crippen LogP contribution in [-0.4, -0.2) is 43.9 Å². The largest absolute Gasteiger partial charge is 0.336 e. The van der Waals surface area contributed by atoms with Crippen molar-refractivity contribution in [1.29, 1.82) is 0 Å². The summed E-state index contributed by atoms with van der Waals surface area (Å²) in [5, 5.41) is 5.43. The Labute approximate surface area is 156 Å². The van der Waals surface area contributed by atoms with E-state index in [2.05, 4.69) is 17.6 Å². The lowest BCUT2D eigenvalue weighted by atomic mass is 10.0. The van der Waals surface area contributed by atoms with E-state index in [0.717, 1.165) is 18.4 Å². The Kier molecular flexibility index (Phi) is 6.65. The van der Waals surface area contributed by atoms with E-state index in [4.69, 9.17) is 5.73 Å². The minimum Gasteiger partial charge on any atom is -0.336 e. The highest BCUT2D eigenvalue weighted by molar-refractivity contribution is 7.89. The van der Waals surface area contributed by atoms with Crippen LogP contribution in [-0.2, 0) is 16.6 Å². The highest BCUT2D eigenvalue weighted by Crippen LogP contribution is 2.23. The van der Waals surface area contributed by atoms with E-state index in [1.54, 1.807) is 28.6 Å². The standard InChI is InChI=1S/C18H30N4O3S/c1-14-5-4-10-22(12-14)26(24,25)16-8-6-15(7-9-16)11-20-17(23)21-13-18(2,3)19/h6-9,14H,4-5,10-13,19H2,1-3H3,(H2,20,21,23). The maximum Gasteiger partial charge on any atom is 0.315 e. The third kappa shape index (κ3) is 5.96. The molecule has 8 heteroatoms. The van der Waals surface area contributed by atoms with Crippen molar-refractivity contribution in [3.8, 4) is 0 Å². The lowest BCUT2D eigenvalue weighted by Crippen LogP contribution is -2.47. The molecule has 2 rings (SSSR count). The van der Waals surface area contributed by atoms with Crippen LogP contribution in [0, 0.1) is 5.92 Å². The summed E-state index contributed by atoms with van der Waals surface area (Å²) in [6, 6.07) is 6.36. The van der Waals surface area contributed by atoms with Crippen molar-refractivity contribution in [2.24, 2.45) is 11.7 Å². The molecule has 2 amide bonds. The van der Waals surface area contributed by atoms with Crippen LogP contribution >= 0.6 is 0 Å². The molecule has 1 aromatic carbocycles. The lowest BCUT2D eigenvalue weighted by Gasteiger charge is -2.30. The Balaban J connectivity index is 1.92. The van der Waals surface area contributed by atoms with Crippen molar-refractivity contribution in [3.63, 3.8) is 0 Å². The van der Waals surface area contributed by atoms with Gasteiger partial charge in [0.15, 0.2) is 0 Å². The minimum absolute atomic E-state index is 0.296. The SMILES string of the molecule is CC1CCCN(S(=O)(=O)c2ccc(CNC(=O)NCC(C)(C)N)cc2)C1. The summed E-state index contributed by atoms with van der Waals surface area (Å²) in [6.45, 7) is 7.57. The van der Waals surface area contributed by atoms with Crippen molar-refractivity contribution in [1.82, 2.24) is 14.9 Å². The molecule has 1 aliphatic rings. The molecule has 1 saturated heterocycles. The molecule has 1 unspecified atom stereocenters. The second-order valence-corrected chi connectivity index (χ2v) is 9.72. The summed E-state index contributed by atoms with van der Waals surface area (Å²) in [5.74, 6) is 0.388. The second kappa shape index (κ2) is 8.37. The van der Waals surface area contributed by atoms with E-state index < -0.39 is 15.6 Å². The molecule has 1 heterocycles. The molecular formula is C18H30N4O3S. The number of carbonyl (C=O) groups excluding carboxylic acids is 1. The normalized spacial score (nSPS) is 19.2. The molecule has 0 radical (unpaired) electrons. The Bertz CT molecular complexity index is 711. The zero-order valence-corrected chi connectivity index (χ0v) is 16.6. The van der Waals surface area contributed by atoms with Crippen LogP contribution in [0.25, 0.3) is 0 Å². The predicted octanol–water partition coefficient (Wildman–Crippen LogP) is 1.64. The summed E-state index contributed by atoms with van der Waals surface area (Å²) in [7, 11) is -3.45. The quantitative estimate of drug-likeness (QED) is 0.696. The van der Waals surface area contributed by atoms with E-state index in [9.17, 15) is 13.2 Å². The fourth-order valence-corrected chi connectivity index (χ4v) is 4.44. The van der Waals surface area contributed by atoms with Gasteiger partial charge >= 0.3 is 6.03 Å². The molecular weight excluding hydrogens is 352 g/mol. The number of carbonyl (C=O) groups is 1. The van der Waals surface area contributed by atoms with Crippen LogP contribution in [0.4, 0.5) is 4.79 Å². The number of benzene rings is 1. The number of hydrogen-bond donors (Lipinski definition) is 3. The number of piperidine rings is 1. The summed E-state index contributed by atoms with van der Waals surface area (Å²) >= 11 is 0.